The molecule has 0 radical (unpaired) electrons. The predicted octanol–water partition coefficient (Wildman–Crippen LogP) is 5.93. The van der Waals surface area contributed by atoms with Crippen molar-refractivity contribution in [1.29, 1.82) is 0 Å². The van der Waals surface area contributed by atoms with Gasteiger partial charge in [0, 0.05) is 34.8 Å². The topological polar surface area (TPSA) is 70.3 Å². The fourth-order valence-electron chi connectivity index (χ4n) is 6.93. The van der Waals surface area contributed by atoms with Gasteiger partial charge in [-0.2, -0.15) is 0 Å². The number of ether oxygens (including phenoxy) is 1. The Kier molecular flexibility index (Phi) is 5.42. The lowest BCUT2D eigenvalue weighted by atomic mass is 9.84. The lowest BCUT2D eigenvalue weighted by Crippen LogP contribution is -2.42. The molecule has 2 aromatic carbocycles. The van der Waals surface area contributed by atoms with Crippen LogP contribution < -0.4 is 0 Å². The molecule has 4 aromatic rings. The van der Waals surface area contributed by atoms with Gasteiger partial charge >= 0.3 is 5.97 Å². The van der Waals surface area contributed by atoms with E-state index in [-0.39, 0.29) is 11.7 Å². The maximum atomic E-state index is 13.9. The van der Waals surface area contributed by atoms with E-state index in [9.17, 15) is 14.4 Å². The minimum absolute atomic E-state index is 0.0293. The molecule has 0 saturated heterocycles. The number of para-hydroxylation sites is 1. The highest BCUT2D eigenvalue weighted by Crippen LogP contribution is 2.52. The van der Waals surface area contributed by atoms with E-state index in [0.29, 0.717) is 37.0 Å². The van der Waals surface area contributed by atoms with Gasteiger partial charge in [0.25, 0.3) is 0 Å². The predicted molar refractivity (Wildman–Crippen MR) is 150 cm³/mol. The number of aryl methyl sites for hydroxylation is 1. The van der Waals surface area contributed by atoms with Crippen LogP contribution in [0.15, 0.2) is 54.6 Å². The van der Waals surface area contributed by atoms with Gasteiger partial charge in [0.05, 0.1) is 6.54 Å². The first kappa shape index (κ1) is 24.4. The highest BCUT2D eigenvalue weighted by atomic mass is 16.6. The number of Topliss-reactive ketones (excluding diaryl/α,β-unsaturated/α-hetero) is 2. The van der Waals surface area contributed by atoms with Gasteiger partial charge < -0.3 is 13.9 Å². The zero-order valence-electron chi connectivity index (χ0n) is 22.8. The van der Waals surface area contributed by atoms with Crippen molar-refractivity contribution in [3.8, 4) is 0 Å². The molecule has 2 aliphatic heterocycles. The molecule has 1 saturated carbocycles. The minimum Gasteiger partial charge on any atom is -0.458 e. The summed E-state index contributed by atoms with van der Waals surface area (Å²) in [6.45, 7) is 5.99. The smallest absolute Gasteiger partial charge is 0.337 e. The van der Waals surface area contributed by atoms with Crippen molar-refractivity contribution in [2.45, 2.75) is 77.0 Å². The Balaban J connectivity index is 1.16. The number of hydrogen-bond acceptors (Lipinski definition) is 4. The van der Waals surface area contributed by atoms with Crippen LogP contribution in [0.2, 0.25) is 0 Å². The average Bonchev–Trinajstić information content (AvgIpc) is 3.42. The number of hydrogen-bond donors (Lipinski definition) is 0. The van der Waals surface area contributed by atoms with Gasteiger partial charge in [-0.25, -0.2) is 4.79 Å². The second-order valence-electron chi connectivity index (χ2n) is 12.7. The standard InChI is InChI=1S/C33H34N2O4/c1-33(2,3)39-32(38)30-31(37)23(15-25-14-20-6-4-5-7-28(20)35(25)30)12-22-16-27(22)19-8-9-21-13-24-10-11-26(36)18-34(24)29(21)17-19/h4-9,13-14,17,22-23,27,30H,10-12,15-16,18H2,1-3H3. The lowest BCUT2D eigenvalue weighted by Gasteiger charge is -2.32. The van der Waals surface area contributed by atoms with Gasteiger partial charge in [-0.05, 0) is 98.9 Å². The Hall–Kier alpha value is -3.67. The number of fused-ring (bicyclic) bond motifs is 6. The fourth-order valence-corrected chi connectivity index (χ4v) is 6.93. The maximum Gasteiger partial charge on any atom is 0.337 e. The first-order valence-electron chi connectivity index (χ1n) is 14.2. The normalized spacial score (nSPS) is 24.6. The van der Waals surface area contributed by atoms with Crippen LogP contribution in [0, 0.1) is 11.8 Å². The molecule has 4 atom stereocenters. The Labute approximate surface area is 227 Å². The van der Waals surface area contributed by atoms with Crippen LogP contribution in [0.5, 0.6) is 0 Å². The highest BCUT2D eigenvalue weighted by molar-refractivity contribution is 6.05. The molecule has 3 aliphatic rings. The second-order valence-corrected chi connectivity index (χ2v) is 12.7. The molecule has 200 valence electrons. The van der Waals surface area contributed by atoms with E-state index in [4.69, 9.17) is 4.74 Å². The largest absolute Gasteiger partial charge is 0.458 e. The molecule has 4 unspecified atom stereocenters. The van der Waals surface area contributed by atoms with Crippen molar-refractivity contribution >= 4 is 39.3 Å². The van der Waals surface area contributed by atoms with Gasteiger partial charge in [0.2, 0.25) is 0 Å². The van der Waals surface area contributed by atoms with Crippen molar-refractivity contribution in [3.05, 3.63) is 71.5 Å². The summed E-state index contributed by atoms with van der Waals surface area (Å²) < 4.78 is 9.85. The minimum atomic E-state index is -0.948. The van der Waals surface area contributed by atoms with Gasteiger partial charge in [0.1, 0.15) is 5.60 Å². The molecular formula is C33H34N2O4. The third-order valence-corrected chi connectivity index (χ3v) is 8.79. The maximum absolute atomic E-state index is 13.9. The molecule has 7 rings (SSSR count). The van der Waals surface area contributed by atoms with Crippen LogP contribution in [0.25, 0.3) is 21.8 Å². The summed E-state index contributed by atoms with van der Waals surface area (Å²) in [6.07, 6.45) is 3.90. The first-order valence-corrected chi connectivity index (χ1v) is 14.2. The highest BCUT2D eigenvalue weighted by Gasteiger charge is 2.47. The monoisotopic (exact) mass is 522 g/mol. The van der Waals surface area contributed by atoms with Crippen molar-refractivity contribution < 1.29 is 19.1 Å². The number of aromatic nitrogens is 2. The van der Waals surface area contributed by atoms with Crippen molar-refractivity contribution in [1.82, 2.24) is 9.13 Å². The third kappa shape index (κ3) is 4.21. The molecule has 0 bridgehead atoms. The number of carbonyl (C=O) groups is 3. The summed E-state index contributed by atoms with van der Waals surface area (Å²) in [5, 5.41) is 2.23. The Morgan fingerprint density at radius 1 is 0.949 bits per heavy atom. The third-order valence-electron chi connectivity index (χ3n) is 8.79. The van der Waals surface area contributed by atoms with Gasteiger partial charge in [-0.3, -0.25) is 9.59 Å². The van der Waals surface area contributed by atoms with Gasteiger partial charge in [-0.1, -0.05) is 30.3 Å². The Morgan fingerprint density at radius 3 is 2.54 bits per heavy atom. The lowest BCUT2D eigenvalue weighted by molar-refractivity contribution is -0.162. The molecule has 6 nitrogen and oxygen atoms in total. The summed E-state index contributed by atoms with van der Waals surface area (Å²) in [4.78, 5) is 39.5. The number of nitrogens with zero attached hydrogens (tertiary/aromatic N) is 2. The van der Waals surface area contributed by atoms with Crippen LogP contribution in [-0.2, 0) is 38.5 Å². The molecule has 2 aromatic heterocycles. The fraction of sp³-hybridized carbons (Fsp3) is 0.424. The van der Waals surface area contributed by atoms with Crippen molar-refractivity contribution in [2.24, 2.45) is 11.8 Å². The van der Waals surface area contributed by atoms with Gasteiger partial charge in [-0.15, -0.1) is 0 Å². The van der Waals surface area contributed by atoms with Crippen LogP contribution in [-0.4, -0.2) is 32.3 Å². The quantitative estimate of drug-likeness (QED) is 0.246. The van der Waals surface area contributed by atoms with E-state index in [2.05, 4.69) is 34.9 Å². The second kappa shape index (κ2) is 8.67. The van der Waals surface area contributed by atoms with E-state index in [0.717, 1.165) is 41.4 Å². The van der Waals surface area contributed by atoms with Crippen LogP contribution >= 0.6 is 0 Å². The van der Waals surface area contributed by atoms with E-state index < -0.39 is 17.6 Å². The van der Waals surface area contributed by atoms with Crippen LogP contribution in [0.4, 0.5) is 0 Å². The molecule has 0 N–H and O–H groups in total. The molecule has 1 aliphatic carbocycles. The molecule has 1 fully saturated rings. The molecule has 6 heteroatoms. The number of rotatable bonds is 4. The Bertz CT molecular complexity index is 1670. The van der Waals surface area contributed by atoms with Crippen molar-refractivity contribution in [2.75, 3.05) is 0 Å². The van der Waals surface area contributed by atoms with Crippen LogP contribution in [0.1, 0.15) is 68.9 Å². The van der Waals surface area contributed by atoms with E-state index in [1.807, 2.05) is 49.6 Å². The summed E-state index contributed by atoms with van der Waals surface area (Å²) >= 11 is 0. The van der Waals surface area contributed by atoms with E-state index >= 15 is 0 Å². The van der Waals surface area contributed by atoms with Crippen LogP contribution in [0.3, 0.4) is 0 Å². The molecule has 39 heavy (non-hydrogen) atoms. The molecule has 0 spiro atoms. The van der Waals surface area contributed by atoms with Gasteiger partial charge in [0.15, 0.2) is 17.6 Å². The summed E-state index contributed by atoms with van der Waals surface area (Å²) in [5.41, 5.74) is 4.93. The zero-order chi connectivity index (χ0) is 27.1. The molecule has 4 heterocycles. The van der Waals surface area contributed by atoms with E-state index in [1.54, 1.807) is 0 Å². The van der Waals surface area contributed by atoms with Crippen molar-refractivity contribution in [3.63, 3.8) is 0 Å². The number of benzene rings is 2. The SMILES string of the molecule is CC(C)(C)OC(=O)C1C(=O)C(CC2CC2c2ccc3cc4n(c3c2)CC(=O)CC4)Cc2cc3ccccc3n21. The zero-order valence-corrected chi connectivity index (χ0v) is 22.8. The average molecular weight is 523 g/mol. The first-order chi connectivity index (χ1) is 18.7. The molecule has 0 amide bonds. The number of ketones is 2. The summed E-state index contributed by atoms with van der Waals surface area (Å²) in [6, 6.07) is 18.0. The number of carbonyl (C=O) groups excluding carboxylic acids is 3. The summed E-state index contributed by atoms with van der Waals surface area (Å²) in [5.74, 6) is 0.396. The van der Waals surface area contributed by atoms with E-state index in [1.165, 1.54) is 16.6 Å². The number of esters is 1. The molecular weight excluding hydrogens is 488 g/mol. The Morgan fingerprint density at radius 2 is 1.72 bits per heavy atom. The summed E-state index contributed by atoms with van der Waals surface area (Å²) in [7, 11) is 0.